The van der Waals surface area contributed by atoms with Crippen LogP contribution in [0.2, 0.25) is 18.1 Å². The third-order valence-corrected chi connectivity index (χ3v) is 15.0. The minimum atomic E-state index is -4.38. The molecule has 0 bridgehead atoms. The summed E-state index contributed by atoms with van der Waals surface area (Å²) in [4.78, 5) is 5.42. The lowest BCUT2D eigenvalue weighted by atomic mass is 9.73. The molecule has 224 valence electrons. The lowest BCUT2D eigenvalue weighted by Gasteiger charge is -2.44. The van der Waals surface area contributed by atoms with Crippen LogP contribution in [-0.2, 0) is 32.1 Å². The van der Waals surface area contributed by atoms with Crippen molar-refractivity contribution in [2.24, 2.45) is 5.41 Å². The average molecular weight is 588 g/mol. The van der Waals surface area contributed by atoms with Crippen molar-refractivity contribution in [2.75, 3.05) is 13.2 Å². The molecular formula is C33H44F3NO3Si. The SMILES string of the molecule is CC(C)c1nc2c(c3c1[C@H](c1ccc(C(F)(F)F)cc1)OC31CCOCC1)C(O[Si](C)(C)C(C)(C)C)CC1(CC1)C2. The molecule has 1 saturated heterocycles. The Bertz CT molecular complexity index is 1320. The quantitative estimate of drug-likeness (QED) is 0.335. The van der Waals surface area contributed by atoms with Crippen molar-refractivity contribution in [1.29, 1.82) is 0 Å². The van der Waals surface area contributed by atoms with Gasteiger partial charge in [-0.1, -0.05) is 46.8 Å². The summed E-state index contributed by atoms with van der Waals surface area (Å²) in [5.74, 6) is 0.140. The number of benzene rings is 1. The summed E-state index contributed by atoms with van der Waals surface area (Å²) < 4.78 is 60.6. The molecule has 2 aromatic rings. The highest BCUT2D eigenvalue weighted by molar-refractivity contribution is 6.74. The minimum Gasteiger partial charge on any atom is -0.410 e. The second-order valence-electron chi connectivity index (χ2n) is 14.8. The van der Waals surface area contributed by atoms with E-state index >= 15 is 0 Å². The largest absolute Gasteiger partial charge is 0.416 e. The Morgan fingerprint density at radius 1 is 0.976 bits per heavy atom. The number of nitrogens with zero attached hydrogens (tertiary/aromatic N) is 1. The van der Waals surface area contributed by atoms with E-state index in [0.717, 1.165) is 35.4 Å². The predicted octanol–water partition coefficient (Wildman–Crippen LogP) is 9.14. The first-order valence-electron chi connectivity index (χ1n) is 15.2. The maximum Gasteiger partial charge on any atom is 0.416 e. The zero-order valence-electron chi connectivity index (χ0n) is 25.5. The Morgan fingerprint density at radius 3 is 2.15 bits per heavy atom. The molecule has 1 aromatic carbocycles. The standard InChI is InChI=1S/C33H44F3NO3Si/c1-20(2)28-26-27(25-23(37-28)18-31(12-13-31)19-24(25)40-41(6,7)30(3,4)5)32(14-16-38-17-15-32)39-29(26)21-8-10-22(11-9-21)33(34,35)36/h8-11,20,24,29H,12-19H2,1-7H3/t24?,29-/m0/s1. The van der Waals surface area contributed by atoms with Gasteiger partial charge in [0.2, 0.25) is 0 Å². The summed E-state index contributed by atoms with van der Waals surface area (Å²) in [6.45, 7) is 17.0. The number of rotatable bonds is 4. The molecule has 8 heteroatoms. The molecule has 0 amide bonds. The van der Waals surface area contributed by atoms with Gasteiger partial charge in [0.1, 0.15) is 6.10 Å². The maximum atomic E-state index is 13.4. The smallest absolute Gasteiger partial charge is 0.410 e. The van der Waals surface area contributed by atoms with E-state index in [-0.39, 0.29) is 22.5 Å². The molecule has 2 atom stereocenters. The lowest BCUT2D eigenvalue weighted by molar-refractivity contribution is -0.137. The van der Waals surface area contributed by atoms with Crippen LogP contribution in [0.4, 0.5) is 13.2 Å². The van der Waals surface area contributed by atoms with E-state index < -0.39 is 31.8 Å². The van der Waals surface area contributed by atoms with Gasteiger partial charge < -0.3 is 13.9 Å². The van der Waals surface area contributed by atoms with Crippen molar-refractivity contribution in [3.05, 3.63) is 63.5 Å². The van der Waals surface area contributed by atoms with Gasteiger partial charge in [0.15, 0.2) is 8.32 Å². The molecule has 41 heavy (non-hydrogen) atoms. The third kappa shape index (κ3) is 5.00. The second kappa shape index (κ2) is 9.63. The monoisotopic (exact) mass is 587 g/mol. The molecular weight excluding hydrogens is 543 g/mol. The van der Waals surface area contributed by atoms with E-state index in [0.29, 0.717) is 26.1 Å². The van der Waals surface area contributed by atoms with Crippen LogP contribution in [0.5, 0.6) is 0 Å². The number of fused-ring (bicyclic) bond motifs is 4. The number of halogens is 3. The summed E-state index contributed by atoms with van der Waals surface area (Å²) >= 11 is 0. The molecule has 2 aliphatic heterocycles. The minimum absolute atomic E-state index is 0.0562. The topological polar surface area (TPSA) is 40.6 Å². The summed E-state index contributed by atoms with van der Waals surface area (Å²) in [5.41, 5.74) is 5.43. The van der Waals surface area contributed by atoms with Crippen LogP contribution in [0.25, 0.3) is 0 Å². The summed E-state index contributed by atoms with van der Waals surface area (Å²) in [5, 5.41) is 0.0609. The van der Waals surface area contributed by atoms with Crippen LogP contribution in [0, 0.1) is 5.41 Å². The van der Waals surface area contributed by atoms with Crippen molar-refractivity contribution in [1.82, 2.24) is 4.98 Å². The zero-order chi connectivity index (χ0) is 29.6. The Balaban J connectivity index is 1.57. The first-order valence-corrected chi connectivity index (χ1v) is 18.1. The number of aromatic nitrogens is 1. The fraction of sp³-hybridized carbons (Fsp3) is 0.667. The normalized spacial score (nSPS) is 25.0. The molecule has 4 nitrogen and oxygen atoms in total. The van der Waals surface area contributed by atoms with Gasteiger partial charge >= 0.3 is 6.18 Å². The highest BCUT2D eigenvalue weighted by Gasteiger charge is 2.56. The fourth-order valence-electron chi connectivity index (χ4n) is 6.97. The Labute approximate surface area is 243 Å². The molecule has 1 aromatic heterocycles. The molecule has 1 unspecified atom stereocenters. The van der Waals surface area contributed by atoms with Crippen LogP contribution in [0.15, 0.2) is 24.3 Å². The molecule has 2 fully saturated rings. The van der Waals surface area contributed by atoms with E-state index in [1.54, 1.807) is 12.1 Å². The molecule has 0 radical (unpaired) electrons. The van der Waals surface area contributed by atoms with E-state index in [1.807, 2.05) is 0 Å². The van der Waals surface area contributed by atoms with E-state index in [9.17, 15) is 13.2 Å². The van der Waals surface area contributed by atoms with Crippen LogP contribution >= 0.6 is 0 Å². The van der Waals surface area contributed by atoms with Gasteiger partial charge in [-0.25, -0.2) is 0 Å². The van der Waals surface area contributed by atoms with Crippen LogP contribution in [-0.4, -0.2) is 26.5 Å². The molecule has 3 heterocycles. The first kappa shape index (κ1) is 29.3. The van der Waals surface area contributed by atoms with Crippen LogP contribution in [0.3, 0.4) is 0 Å². The summed E-state index contributed by atoms with van der Waals surface area (Å²) in [6.07, 6.45) is 0.887. The fourth-order valence-corrected chi connectivity index (χ4v) is 8.23. The second-order valence-corrected chi connectivity index (χ2v) is 19.5. The number of alkyl halides is 3. The van der Waals surface area contributed by atoms with Gasteiger partial charge in [-0.2, -0.15) is 13.2 Å². The predicted molar refractivity (Wildman–Crippen MR) is 155 cm³/mol. The van der Waals surface area contributed by atoms with E-state index in [4.69, 9.17) is 18.9 Å². The van der Waals surface area contributed by atoms with Crippen molar-refractivity contribution >= 4 is 8.32 Å². The van der Waals surface area contributed by atoms with Gasteiger partial charge in [0.05, 0.1) is 17.3 Å². The Hall–Kier alpha value is -1.74. The molecule has 4 aliphatic rings. The maximum absolute atomic E-state index is 13.4. The van der Waals surface area contributed by atoms with Crippen molar-refractivity contribution < 1.29 is 27.1 Å². The Morgan fingerprint density at radius 2 is 1.61 bits per heavy atom. The molecule has 2 spiro atoms. The molecule has 6 rings (SSSR count). The number of ether oxygens (including phenoxy) is 2. The third-order valence-electron chi connectivity index (χ3n) is 10.5. The van der Waals surface area contributed by atoms with Crippen LogP contribution < -0.4 is 0 Å². The molecule has 2 aliphatic carbocycles. The molecule has 0 N–H and O–H groups in total. The highest BCUT2D eigenvalue weighted by Crippen LogP contribution is 2.63. The first-order chi connectivity index (χ1) is 19.1. The number of pyridine rings is 1. The van der Waals surface area contributed by atoms with Crippen molar-refractivity contribution in [3.8, 4) is 0 Å². The van der Waals surface area contributed by atoms with Crippen molar-refractivity contribution in [3.63, 3.8) is 0 Å². The highest BCUT2D eigenvalue weighted by atomic mass is 28.4. The van der Waals surface area contributed by atoms with E-state index in [1.165, 1.54) is 36.1 Å². The lowest BCUT2D eigenvalue weighted by Crippen LogP contribution is -2.44. The van der Waals surface area contributed by atoms with Gasteiger partial charge in [-0.15, -0.1) is 0 Å². The Kier molecular flexibility index (Phi) is 6.89. The van der Waals surface area contributed by atoms with Crippen LogP contribution in [0.1, 0.15) is 124 Å². The average Bonchev–Trinajstić information content (AvgIpc) is 3.55. The molecule has 1 saturated carbocycles. The van der Waals surface area contributed by atoms with Crippen molar-refractivity contribution in [2.45, 2.75) is 121 Å². The van der Waals surface area contributed by atoms with Gasteiger partial charge in [0.25, 0.3) is 0 Å². The van der Waals surface area contributed by atoms with E-state index in [2.05, 4.69) is 47.7 Å². The number of hydrogen-bond acceptors (Lipinski definition) is 4. The van der Waals surface area contributed by atoms with Gasteiger partial charge in [-0.05, 0) is 78.4 Å². The van der Waals surface area contributed by atoms with Gasteiger partial charge in [-0.3, -0.25) is 4.98 Å². The summed E-state index contributed by atoms with van der Waals surface area (Å²) in [7, 11) is -2.13. The summed E-state index contributed by atoms with van der Waals surface area (Å²) in [6, 6.07) is 5.52. The van der Waals surface area contributed by atoms with Gasteiger partial charge in [0, 0.05) is 48.6 Å². The number of hydrogen-bond donors (Lipinski definition) is 0. The zero-order valence-corrected chi connectivity index (χ0v) is 26.5.